The van der Waals surface area contributed by atoms with Crippen molar-refractivity contribution in [1.82, 2.24) is 4.98 Å². The highest BCUT2D eigenvalue weighted by Crippen LogP contribution is 2.32. The molecule has 0 saturated carbocycles. The van der Waals surface area contributed by atoms with Crippen molar-refractivity contribution in [1.29, 1.82) is 5.26 Å². The van der Waals surface area contributed by atoms with Crippen molar-refractivity contribution in [2.75, 3.05) is 12.0 Å². The molecule has 1 aliphatic rings. The first-order valence-corrected chi connectivity index (χ1v) is 9.43. The van der Waals surface area contributed by atoms with Crippen molar-refractivity contribution in [3.63, 3.8) is 0 Å². The maximum atomic E-state index is 11.5. The highest BCUT2D eigenvalue weighted by atomic mass is 35.5. The molecule has 1 aromatic heterocycles. The monoisotopic (exact) mass is 350 g/mol. The summed E-state index contributed by atoms with van der Waals surface area (Å²) in [6.07, 6.45) is 3.75. The van der Waals surface area contributed by atoms with Crippen LogP contribution in [0.25, 0.3) is 10.9 Å². The maximum absolute atomic E-state index is 11.5. The Kier molecular flexibility index (Phi) is 4.98. The van der Waals surface area contributed by atoms with Crippen LogP contribution in [0, 0.1) is 24.2 Å². The molecule has 0 bridgehead atoms. The molecule has 2 aromatic rings. The van der Waals surface area contributed by atoms with Crippen LogP contribution in [0.15, 0.2) is 18.2 Å². The standard InChI is InChI=1S/C17H18N2O2S.ClH/c1-11-14-7-12(9-18)3-5-16(14)19-17-6-4-13(8-15(11)17)10-22(2,20)21;/h3,5,7,13H,4,6,8,10H2,1-2H3;1H. The van der Waals surface area contributed by atoms with Crippen molar-refractivity contribution in [3.05, 3.63) is 40.6 Å². The van der Waals surface area contributed by atoms with Gasteiger partial charge in [0.2, 0.25) is 0 Å². The van der Waals surface area contributed by atoms with Gasteiger partial charge in [-0.1, -0.05) is 0 Å². The molecule has 4 nitrogen and oxygen atoms in total. The fourth-order valence-electron chi connectivity index (χ4n) is 3.38. The van der Waals surface area contributed by atoms with Gasteiger partial charge in [-0.3, -0.25) is 4.98 Å². The van der Waals surface area contributed by atoms with Crippen molar-refractivity contribution >= 4 is 33.1 Å². The fourth-order valence-corrected chi connectivity index (χ4v) is 4.52. The van der Waals surface area contributed by atoms with Crippen molar-refractivity contribution in [3.8, 4) is 6.07 Å². The number of fused-ring (bicyclic) bond motifs is 2. The molecular formula is C17H19ClN2O2S. The first-order valence-electron chi connectivity index (χ1n) is 7.37. The zero-order valence-electron chi connectivity index (χ0n) is 13.2. The Bertz CT molecular complexity index is 901. The van der Waals surface area contributed by atoms with E-state index >= 15 is 0 Å². The van der Waals surface area contributed by atoms with Gasteiger partial charge in [0, 0.05) is 17.3 Å². The van der Waals surface area contributed by atoms with Gasteiger partial charge in [0.05, 0.1) is 22.9 Å². The van der Waals surface area contributed by atoms with Gasteiger partial charge in [-0.25, -0.2) is 8.42 Å². The minimum absolute atomic E-state index is 0. The number of sulfone groups is 1. The van der Waals surface area contributed by atoms with Gasteiger partial charge in [0.1, 0.15) is 9.84 Å². The number of hydrogen-bond donors (Lipinski definition) is 0. The van der Waals surface area contributed by atoms with Crippen LogP contribution in [-0.2, 0) is 22.7 Å². The Hall–Kier alpha value is -1.64. The minimum Gasteiger partial charge on any atom is -0.253 e. The van der Waals surface area contributed by atoms with Crippen molar-refractivity contribution in [2.24, 2.45) is 5.92 Å². The van der Waals surface area contributed by atoms with Gasteiger partial charge >= 0.3 is 0 Å². The number of aromatic nitrogens is 1. The Balaban J connectivity index is 0.00000192. The topological polar surface area (TPSA) is 70.8 Å². The third-order valence-corrected chi connectivity index (χ3v) is 5.48. The fraction of sp³-hybridized carbons (Fsp3) is 0.412. The lowest BCUT2D eigenvalue weighted by Gasteiger charge is -2.25. The van der Waals surface area contributed by atoms with Crippen LogP contribution in [0.3, 0.4) is 0 Å². The Morgan fingerprint density at radius 1 is 1.39 bits per heavy atom. The van der Waals surface area contributed by atoms with Crippen LogP contribution < -0.4 is 0 Å². The molecule has 0 amide bonds. The molecule has 1 aliphatic carbocycles. The summed E-state index contributed by atoms with van der Waals surface area (Å²) in [4.78, 5) is 4.72. The zero-order chi connectivity index (χ0) is 15.9. The Labute approximate surface area is 142 Å². The summed E-state index contributed by atoms with van der Waals surface area (Å²) in [6, 6.07) is 7.71. The summed E-state index contributed by atoms with van der Waals surface area (Å²) in [7, 11) is -2.96. The molecule has 0 saturated heterocycles. The van der Waals surface area contributed by atoms with Crippen LogP contribution in [0.5, 0.6) is 0 Å². The van der Waals surface area contributed by atoms with E-state index in [0.29, 0.717) is 5.56 Å². The molecule has 0 fully saturated rings. The van der Waals surface area contributed by atoms with Gasteiger partial charge in [-0.15, -0.1) is 12.4 Å². The van der Waals surface area contributed by atoms with Crippen molar-refractivity contribution in [2.45, 2.75) is 26.2 Å². The van der Waals surface area contributed by atoms with E-state index in [-0.39, 0.29) is 24.1 Å². The quantitative estimate of drug-likeness (QED) is 0.834. The molecule has 23 heavy (non-hydrogen) atoms. The van der Waals surface area contributed by atoms with E-state index in [1.165, 1.54) is 11.8 Å². The molecule has 1 aromatic carbocycles. The van der Waals surface area contributed by atoms with Gasteiger partial charge < -0.3 is 0 Å². The second kappa shape index (κ2) is 6.46. The first kappa shape index (κ1) is 17.7. The van der Waals surface area contributed by atoms with Crippen LogP contribution in [0.1, 0.15) is 28.8 Å². The van der Waals surface area contributed by atoms with E-state index in [9.17, 15) is 8.42 Å². The Morgan fingerprint density at radius 3 is 2.78 bits per heavy atom. The smallest absolute Gasteiger partial charge is 0.147 e. The number of halogens is 1. The molecule has 0 N–H and O–H groups in total. The number of nitrogens with zero attached hydrogens (tertiary/aromatic N) is 2. The lowest BCUT2D eigenvalue weighted by Crippen LogP contribution is -2.23. The second-order valence-corrected chi connectivity index (χ2v) is 8.39. The normalized spacial score (nSPS) is 17.2. The number of nitriles is 1. The van der Waals surface area contributed by atoms with E-state index in [1.807, 2.05) is 19.1 Å². The van der Waals surface area contributed by atoms with Crippen LogP contribution in [0.4, 0.5) is 0 Å². The summed E-state index contributed by atoms with van der Waals surface area (Å²) in [5, 5.41) is 10.1. The van der Waals surface area contributed by atoms with E-state index in [2.05, 4.69) is 6.07 Å². The number of aryl methyl sites for hydroxylation is 2. The lowest BCUT2D eigenvalue weighted by molar-refractivity contribution is 0.486. The molecule has 1 heterocycles. The molecule has 3 rings (SSSR count). The number of pyridine rings is 1. The summed E-state index contributed by atoms with van der Waals surface area (Å²) in [5.74, 6) is 0.405. The lowest BCUT2D eigenvalue weighted by atomic mass is 9.84. The molecule has 0 aliphatic heterocycles. The number of hydrogen-bond acceptors (Lipinski definition) is 4. The van der Waals surface area contributed by atoms with Crippen molar-refractivity contribution < 1.29 is 8.42 Å². The van der Waals surface area contributed by atoms with E-state index in [0.717, 1.165) is 41.4 Å². The maximum Gasteiger partial charge on any atom is 0.147 e. The molecule has 6 heteroatoms. The van der Waals surface area contributed by atoms with Gasteiger partial charge in [-0.2, -0.15) is 5.26 Å². The number of benzene rings is 1. The third kappa shape index (κ3) is 3.65. The predicted molar refractivity (Wildman–Crippen MR) is 93.7 cm³/mol. The molecular weight excluding hydrogens is 332 g/mol. The number of rotatable bonds is 2. The molecule has 0 radical (unpaired) electrons. The SMILES string of the molecule is Cc1c2c(nc3ccc(C#N)cc13)CCC(CS(C)(=O)=O)C2.Cl. The van der Waals surface area contributed by atoms with Gasteiger partial charge in [-0.05, 0) is 61.4 Å². The zero-order valence-corrected chi connectivity index (χ0v) is 14.8. The van der Waals surface area contributed by atoms with E-state index in [4.69, 9.17) is 10.2 Å². The summed E-state index contributed by atoms with van der Waals surface area (Å²) in [6.45, 7) is 2.05. The third-order valence-electron chi connectivity index (χ3n) is 4.41. The molecule has 0 spiro atoms. The van der Waals surface area contributed by atoms with Crippen LogP contribution in [0.2, 0.25) is 0 Å². The second-order valence-electron chi connectivity index (χ2n) is 6.21. The first-order chi connectivity index (χ1) is 10.4. The van der Waals surface area contributed by atoms with Crippen LogP contribution in [-0.4, -0.2) is 25.4 Å². The van der Waals surface area contributed by atoms with E-state index in [1.54, 1.807) is 6.07 Å². The molecule has 1 unspecified atom stereocenters. The summed E-state index contributed by atoms with van der Waals surface area (Å²) < 4.78 is 23.1. The predicted octanol–water partition coefficient (Wildman–Crippen LogP) is 2.99. The van der Waals surface area contributed by atoms with Gasteiger partial charge in [0.25, 0.3) is 0 Å². The highest BCUT2D eigenvalue weighted by Gasteiger charge is 2.25. The molecule has 122 valence electrons. The summed E-state index contributed by atoms with van der Waals surface area (Å²) in [5.41, 5.74) is 4.93. The Morgan fingerprint density at radius 2 is 2.13 bits per heavy atom. The largest absolute Gasteiger partial charge is 0.253 e. The van der Waals surface area contributed by atoms with E-state index < -0.39 is 9.84 Å². The summed E-state index contributed by atoms with van der Waals surface area (Å²) >= 11 is 0. The average molecular weight is 351 g/mol. The molecule has 1 atom stereocenters. The van der Waals surface area contributed by atoms with Crippen LogP contribution >= 0.6 is 12.4 Å². The minimum atomic E-state index is -2.96. The highest BCUT2D eigenvalue weighted by molar-refractivity contribution is 7.90. The average Bonchev–Trinajstić information content (AvgIpc) is 2.46. The van der Waals surface area contributed by atoms with Gasteiger partial charge in [0.15, 0.2) is 0 Å².